The zero-order valence-corrected chi connectivity index (χ0v) is 10.5. The second-order valence-corrected chi connectivity index (χ2v) is 6.00. The smallest absolute Gasteiger partial charge is 0.399 e. The topological polar surface area (TPSA) is 130 Å². The Morgan fingerprint density at radius 2 is 1.67 bits per heavy atom. The Morgan fingerprint density at radius 3 is 2.17 bits per heavy atom. The molecule has 18 heavy (non-hydrogen) atoms. The van der Waals surface area contributed by atoms with E-state index in [-0.39, 0.29) is 12.0 Å². The fraction of sp³-hybridized carbons (Fsp3) is 0.125. The summed E-state index contributed by atoms with van der Waals surface area (Å²) in [5.74, 6) is -1.26. The number of anilines is 1. The van der Waals surface area contributed by atoms with E-state index < -0.39 is 26.3 Å². The summed E-state index contributed by atoms with van der Waals surface area (Å²) in [6.45, 7) is 0. The lowest BCUT2D eigenvalue weighted by Gasteiger charge is -2.05. The first kappa shape index (κ1) is 14.4. The minimum absolute atomic E-state index is 0.00588. The molecule has 100 valence electrons. The van der Waals surface area contributed by atoms with Gasteiger partial charge in [-0.1, -0.05) is 0 Å². The van der Waals surface area contributed by atoms with Crippen molar-refractivity contribution in [2.75, 3.05) is 11.5 Å². The van der Waals surface area contributed by atoms with Crippen LogP contribution in [0.25, 0.3) is 0 Å². The minimum atomic E-state index is -4.82. The van der Waals surface area contributed by atoms with Crippen molar-refractivity contribution in [2.45, 2.75) is 0 Å². The van der Waals surface area contributed by atoms with Crippen molar-refractivity contribution < 1.29 is 29.4 Å². The van der Waals surface area contributed by atoms with E-state index in [1.54, 1.807) is 0 Å². The average molecular weight is 295 g/mol. The van der Waals surface area contributed by atoms with E-state index in [0.29, 0.717) is 5.69 Å². The largest absolute Gasteiger partial charge is 0.464 e. The van der Waals surface area contributed by atoms with Crippen LogP contribution in [0.1, 0.15) is 0 Å². The molecule has 0 unspecified atom stereocenters. The van der Waals surface area contributed by atoms with Crippen molar-refractivity contribution in [3.05, 3.63) is 24.3 Å². The third-order valence-corrected chi connectivity index (χ3v) is 3.97. The van der Waals surface area contributed by atoms with Gasteiger partial charge >= 0.3 is 10.4 Å². The Bertz CT molecular complexity index is 618. The van der Waals surface area contributed by atoms with Gasteiger partial charge in [0.15, 0.2) is 0 Å². The Balaban J connectivity index is 2.83. The van der Waals surface area contributed by atoms with Crippen LogP contribution in [0, 0.1) is 0 Å². The summed E-state index contributed by atoms with van der Waals surface area (Å²) in [5.41, 5.74) is 5.73. The summed E-state index contributed by atoms with van der Waals surface area (Å²) in [6, 6.07) is 5.13. The maximum atomic E-state index is 11.2. The molecule has 0 fully saturated rings. The first-order valence-corrected chi connectivity index (χ1v) is 7.32. The quantitative estimate of drug-likeness (QED) is 0.546. The van der Waals surface area contributed by atoms with Crippen molar-refractivity contribution in [3.63, 3.8) is 0 Å². The van der Waals surface area contributed by atoms with Gasteiger partial charge in [-0.25, -0.2) is 0 Å². The number of carbonyl (C=O) groups is 1. The van der Waals surface area contributed by atoms with Crippen LogP contribution in [0.4, 0.5) is 5.69 Å². The summed E-state index contributed by atoms with van der Waals surface area (Å²) < 4.78 is 52.4. The number of benzene rings is 1. The number of rotatable bonds is 6. The highest BCUT2D eigenvalue weighted by molar-refractivity contribution is 7.98. The summed E-state index contributed by atoms with van der Waals surface area (Å²) >= 11 is 0. The second-order valence-electron chi connectivity index (χ2n) is 3.02. The van der Waals surface area contributed by atoms with Gasteiger partial charge in [-0.15, -0.1) is 3.63 Å². The van der Waals surface area contributed by atoms with Crippen molar-refractivity contribution in [1.29, 1.82) is 0 Å². The standard InChI is InChI=1S/C8H9NO7S2/c9-7-1-3-8(4-2-7)15-18(13,14)16-17(11,12)6-5-10/h1-5H,6,9H2. The lowest BCUT2D eigenvalue weighted by Crippen LogP contribution is -2.21. The Hall–Kier alpha value is -1.65. The van der Waals surface area contributed by atoms with Crippen molar-refractivity contribution in [1.82, 2.24) is 0 Å². The van der Waals surface area contributed by atoms with E-state index >= 15 is 0 Å². The molecule has 2 N–H and O–H groups in total. The molecule has 1 aromatic carbocycles. The molecule has 0 amide bonds. The predicted molar refractivity (Wildman–Crippen MR) is 61.3 cm³/mol. The molecule has 0 bridgehead atoms. The summed E-state index contributed by atoms with van der Waals surface area (Å²) in [6.07, 6.45) is -0.00588. The molecular formula is C8H9NO7S2. The summed E-state index contributed by atoms with van der Waals surface area (Å²) in [4.78, 5) is 9.99. The zero-order chi connectivity index (χ0) is 13.8. The summed E-state index contributed by atoms with van der Waals surface area (Å²) in [7, 11) is -9.34. The molecule has 0 aliphatic carbocycles. The van der Waals surface area contributed by atoms with E-state index in [2.05, 4.69) is 7.81 Å². The molecule has 0 radical (unpaired) electrons. The maximum absolute atomic E-state index is 11.2. The molecule has 0 heterocycles. The van der Waals surface area contributed by atoms with Crippen molar-refractivity contribution in [3.8, 4) is 5.75 Å². The van der Waals surface area contributed by atoms with Crippen LogP contribution in [0.3, 0.4) is 0 Å². The molecule has 0 atom stereocenters. The van der Waals surface area contributed by atoms with Crippen LogP contribution in [-0.4, -0.2) is 28.9 Å². The molecule has 0 aliphatic heterocycles. The highest BCUT2D eigenvalue weighted by Crippen LogP contribution is 2.16. The predicted octanol–water partition coefficient (Wildman–Crippen LogP) is -0.562. The molecule has 0 saturated heterocycles. The average Bonchev–Trinajstić information content (AvgIpc) is 2.19. The third-order valence-electron chi connectivity index (χ3n) is 1.54. The Kier molecular flexibility index (Phi) is 4.27. The van der Waals surface area contributed by atoms with Gasteiger partial charge in [0, 0.05) is 5.69 Å². The van der Waals surface area contributed by atoms with E-state index in [9.17, 15) is 21.6 Å². The van der Waals surface area contributed by atoms with Gasteiger partial charge in [-0.2, -0.15) is 16.8 Å². The highest BCUT2D eigenvalue weighted by Gasteiger charge is 2.24. The highest BCUT2D eigenvalue weighted by atomic mass is 32.3. The third kappa shape index (κ3) is 4.69. The number of nitrogens with two attached hydrogens (primary N) is 1. The molecule has 10 heteroatoms. The molecule has 0 aliphatic rings. The first-order valence-electron chi connectivity index (χ1n) is 4.41. The fourth-order valence-electron chi connectivity index (χ4n) is 0.893. The number of nitrogen functional groups attached to an aromatic ring is 1. The lowest BCUT2D eigenvalue weighted by atomic mass is 10.3. The number of hydrogen-bond donors (Lipinski definition) is 1. The van der Waals surface area contributed by atoms with Crippen LogP contribution < -0.4 is 9.92 Å². The van der Waals surface area contributed by atoms with Gasteiger partial charge in [0.25, 0.3) is 10.1 Å². The van der Waals surface area contributed by atoms with Crippen molar-refractivity contribution in [2.24, 2.45) is 0 Å². The molecule has 0 spiro atoms. The van der Waals surface area contributed by atoms with Crippen LogP contribution in [0.15, 0.2) is 24.3 Å². The van der Waals surface area contributed by atoms with Gasteiger partial charge in [0.1, 0.15) is 17.8 Å². The van der Waals surface area contributed by atoms with E-state index in [1.807, 2.05) is 0 Å². The monoisotopic (exact) mass is 295 g/mol. The molecular weight excluding hydrogens is 286 g/mol. The number of hydrogen-bond acceptors (Lipinski definition) is 8. The SMILES string of the molecule is Nc1ccc(OS(=O)(=O)OS(=O)(=O)CC=O)cc1. The number of carbonyl (C=O) groups excluding carboxylic acids is 1. The van der Waals surface area contributed by atoms with Crippen LogP contribution in [0.2, 0.25) is 0 Å². The van der Waals surface area contributed by atoms with Crippen LogP contribution >= 0.6 is 0 Å². The van der Waals surface area contributed by atoms with E-state index in [4.69, 9.17) is 5.73 Å². The normalized spacial score (nSPS) is 12.0. The van der Waals surface area contributed by atoms with Gasteiger partial charge in [0.05, 0.1) is 0 Å². The first-order chi connectivity index (χ1) is 8.24. The zero-order valence-electron chi connectivity index (χ0n) is 8.85. The number of aldehydes is 1. The second kappa shape index (κ2) is 5.33. The lowest BCUT2D eigenvalue weighted by molar-refractivity contribution is -0.105. The van der Waals surface area contributed by atoms with E-state index in [1.165, 1.54) is 24.3 Å². The molecule has 0 saturated carbocycles. The molecule has 1 rings (SSSR count). The fourth-order valence-corrected chi connectivity index (χ4v) is 2.76. The van der Waals surface area contributed by atoms with Crippen LogP contribution in [0.5, 0.6) is 5.75 Å². The summed E-state index contributed by atoms with van der Waals surface area (Å²) in [5, 5.41) is 0. The molecule has 1 aromatic rings. The van der Waals surface area contributed by atoms with Crippen molar-refractivity contribution >= 4 is 32.5 Å². The van der Waals surface area contributed by atoms with Gasteiger partial charge in [-0.05, 0) is 24.3 Å². The minimum Gasteiger partial charge on any atom is -0.399 e. The Morgan fingerprint density at radius 1 is 1.11 bits per heavy atom. The van der Waals surface area contributed by atoms with Gasteiger partial charge in [0.2, 0.25) is 0 Å². The maximum Gasteiger partial charge on any atom is 0.464 e. The van der Waals surface area contributed by atoms with Crippen LogP contribution in [-0.2, 0) is 28.9 Å². The molecule has 8 nitrogen and oxygen atoms in total. The van der Waals surface area contributed by atoms with Gasteiger partial charge < -0.3 is 14.7 Å². The molecule has 0 aromatic heterocycles. The Labute approximate surface area is 104 Å². The van der Waals surface area contributed by atoms with E-state index in [0.717, 1.165) is 0 Å². The van der Waals surface area contributed by atoms with Gasteiger partial charge in [-0.3, -0.25) is 0 Å².